The quantitative estimate of drug-likeness (QED) is 0.672. The molecule has 0 aliphatic carbocycles. The number of anilines is 1. The van der Waals surface area contributed by atoms with Crippen molar-refractivity contribution >= 4 is 23.2 Å². The normalized spacial score (nSPS) is 9.95. The maximum Gasteiger partial charge on any atom is 0.253 e. The van der Waals surface area contributed by atoms with Crippen molar-refractivity contribution in [2.75, 3.05) is 10.9 Å². The Bertz CT molecular complexity index is 516. The number of amides is 1. The van der Waals surface area contributed by atoms with Crippen LogP contribution in [0.1, 0.15) is 5.56 Å². The molecule has 1 N–H and O–H groups in total. The third-order valence-corrected chi connectivity index (χ3v) is 2.88. The van der Waals surface area contributed by atoms with E-state index in [-0.39, 0.29) is 11.8 Å². The van der Waals surface area contributed by atoms with Crippen LogP contribution in [0.4, 0.5) is 5.69 Å². The van der Waals surface area contributed by atoms with Crippen molar-refractivity contribution in [2.45, 2.75) is 6.54 Å². The molecule has 0 aliphatic heterocycles. The zero-order chi connectivity index (χ0) is 13.5. The number of nitrogens with one attached hydrogen (secondary N) is 1. The summed E-state index contributed by atoms with van der Waals surface area (Å²) in [5.74, 6) is -0.278. The minimum Gasteiger partial charge on any atom is -0.281 e. The van der Waals surface area contributed by atoms with Crippen molar-refractivity contribution in [3.63, 3.8) is 0 Å². The topological polar surface area (TPSA) is 32.3 Å². The highest BCUT2D eigenvalue weighted by molar-refractivity contribution is 6.27. The third-order valence-electron chi connectivity index (χ3n) is 2.63. The molecule has 0 spiro atoms. The van der Waals surface area contributed by atoms with E-state index >= 15 is 0 Å². The number of carbonyl (C=O) groups is 1. The van der Waals surface area contributed by atoms with E-state index in [1.807, 2.05) is 60.7 Å². The van der Waals surface area contributed by atoms with Crippen LogP contribution in [-0.4, -0.2) is 11.8 Å². The van der Waals surface area contributed by atoms with Crippen molar-refractivity contribution in [3.05, 3.63) is 66.2 Å². The van der Waals surface area contributed by atoms with E-state index in [2.05, 4.69) is 5.43 Å². The molecule has 4 heteroatoms. The Kier molecular flexibility index (Phi) is 4.81. The lowest BCUT2D eigenvalue weighted by atomic mass is 10.2. The molecule has 19 heavy (non-hydrogen) atoms. The first-order chi connectivity index (χ1) is 9.29. The lowest BCUT2D eigenvalue weighted by Gasteiger charge is -2.25. The fraction of sp³-hybridized carbons (Fsp3) is 0.133. The second-order valence-electron chi connectivity index (χ2n) is 4.08. The molecule has 0 aromatic heterocycles. The maximum absolute atomic E-state index is 11.5. The average molecular weight is 275 g/mol. The summed E-state index contributed by atoms with van der Waals surface area (Å²) >= 11 is 5.55. The summed E-state index contributed by atoms with van der Waals surface area (Å²) in [5.41, 5.74) is 4.83. The lowest BCUT2D eigenvalue weighted by molar-refractivity contribution is -0.118. The fourth-order valence-electron chi connectivity index (χ4n) is 1.75. The predicted molar refractivity (Wildman–Crippen MR) is 77.9 cm³/mol. The lowest BCUT2D eigenvalue weighted by Crippen LogP contribution is -2.42. The molecule has 2 aromatic rings. The Morgan fingerprint density at radius 1 is 1.00 bits per heavy atom. The van der Waals surface area contributed by atoms with E-state index in [0.29, 0.717) is 6.54 Å². The third kappa shape index (κ3) is 4.00. The van der Waals surface area contributed by atoms with Crippen LogP contribution in [-0.2, 0) is 11.3 Å². The van der Waals surface area contributed by atoms with E-state index in [9.17, 15) is 4.79 Å². The molecule has 0 radical (unpaired) electrons. The summed E-state index contributed by atoms with van der Waals surface area (Å²) in [7, 11) is 0. The molecular weight excluding hydrogens is 260 g/mol. The second-order valence-corrected chi connectivity index (χ2v) is 4.34. The minimum atomic E-state index is -0.221. The van der Waals surface area contributed by atoms with Gasteiger partial charge in [-0.05, 0) is 17.7 Å². The molecule has 0 saturated carbocycles. The number of para-hydroxylation sites is 1. The van der Waals surface area contributed by atoms with Gasteiger partial charge in [-0.15, -0.1) is 11.6 Å². The van der Waals surface area contributed by atoms with Gasteiger partial charge < -0.3 is 0 Å². The number of nitrogens with zero attached hydrogens (tertiary/aromatic N) is 1. The van der Waals surface area contributed by atoms with Gasteiger partial charge in [0, 0.05) is 0 Å². The van der Waals surface area contributed by atoms with E-state index < -0.39 is 0 Å². The van der Waals surface area contributed by atoms with Crippen molar-refractivity contribution in [1.82, 2.24) is 5.43 Å². The van der Waals surface area contributed by atoms with Crippen LogP contribution in [0.5, 0.6) is 0 Å². The highest BCUT2D eigenvalue weighted by Crippen LogP contribution is 2.14. The number of carbonyl (C=O) groups excluding carboxylic acids is 1. The zero-order valence-electron chi connectivity index (χ0n) is 10.4. The molecule has 2 aromatic carbocycles. The van der Waals surface area contributed by atoms with Gasteiger partial charge >= 0.3 is 0 Å². The van der Waals surface area contributed by atoms with Gasteiger partial charge in [-0.3, -0.25) is 15.2 Å². The monoisotopic (exact) mass is 274 g/mol. The first kappa shape index (κ1) is 13.4. The standard InChI is InChI=1S/C15H15ClN2O/c16-11-15(19)17-18(14-9-5-2-6-10-14)12-13-7-3-1-4-8-13/h1-10H,11-12H2,(H,17,19). The number of hydrogen-bond donors (Lipinski definition) is 1. The van der Waals surface area contributed by atoms with Gasteiger partial charge in [0.25, 0.3) is 5.91 Å². The first-order valence-electron chi connectivity index (χ1n) is 6.01. The van der Waals surface area contributed by atoms with Crippen molar-refractivity contribution < 1.29 is 4.79 Å². The number of rotatable bonds is 5. The highest BCUT2D eigenvalue weighted by atomic mass is 35.5. The Hall–Kier alpha value is -2.00. The van der Waals surface area contributed by atoms with Crippen LogP contribution in [0.2, 0.25) is 0 Å². The van der Waals surface area contributed by atoms with E-state index in [4.69, 9.17) is 11.6 Å². The predicted octanol–water partition coefficient (Wildman–Crippen LogP) is 2.96. The summed E-state index contributed by atoms with van der Waals surface area (Å²) < 4.78 is 0. The van der Waals surface area contributed by atoms with Gasteiger partial charge in [0.1, 0.15) is 5.88 Å². The molecule has 3 nitrogen and oxygen atoms in total. The zero-order valence-corrected chi connectivity index (χ0v) is 11.2. The molecule has 0 atom stereocenters. The molecule has 98 valence electrons. The van der Waals surface area contributed by atoms with E-state index in [1.165, 1.54) is 0 Å². The Morgan fingerprint density at radius 3 is 2.16 bits per heavy atom. The molecule has 2 rings (SSSR count). The number of hydrogen-bond acceptors (Lipinski definition) is 2. The van der Waals surface area contributed by atoms with Crippen LogP contribution in [0.25, 0.3) is 0 Å². The Morgan fingerprint density at radius 2 is 1.58 bits per heavy atom. The molecule has 0 fully saturated rings. The van der Waals surface area contributed by atoms with Crippen molar-refractivity contribution in [1.29, 1.82) is 0 Å². The number of benzene rings is 2. The number of halogens is 1. The van der Waals surface area contributed by atoms with Gasteiger partial charge in [-0.25, -0.2) is 0 Å². The SMILES string of the molecule is O=C(CCl)NN(Cc1ccccc1)c1ccccc1. The molecule has 1 amide bonds. The molecular formula is C15H15ClN2O. The summed E-state index contributed by atoms with van der Waals surface area (Å²) in [6, 6.07) is 19.6. The Balaban J connectivity index is 2.17. The largest absolute Gasteiger partial charge is 0.281 e. The molecule has 0 heterocycles. The van der Waals surface area contributed by atoms with E-state index in [1.54, 1.807) is 5.01 Å². The van der Waals surface area contributed by atoms with Crippen molar-refractivity contribution in [2.24, 2.45) is 0 Å². The van der Waals surface area contributed by atoms with Crippen LogP contribution >= 0.6 is 11.6 Å². The van der Waals surface area contributed by atoms with E-state index in [0.717, 1.165) is 11.3 Å². The smallest absolute Gasteiger partial charge is 0.253 e. The van der Waals surface area contributed by atoms with Crippen LogP contribution in [0.15, 0.2) is 60.7 Å². The van der Waals surface area contributed by atoms with Crippen molar-refractivity contribution in [3.8, 4) is 0 Å². The van der Waals surface area contributed by atoms with Gasteiger partial charge in [-0.1, -0.05) is 48.5 Å². The second kappa shape index (κ2) is 6.81. The van der Waals surface area contributed by atoms with Crippen LogP contribution in [0.3, 0.4) is 0 Å². The number of hydrazine groups is 1. The van der Waals surface area contributed by atoms with Crippen LogP contribution < -0.4 is 10.4 Å². The minimum absolute atomic E-state index is 0.0574. The summed E-state index contributed by atoms with van der Waals surface area (Å²) in [6.07, 6.45) is 0. The van der Waals surface area contributed by atoms with Crippen LogP contribution in [0, 0.1) is 0 Å². The Labute approximate surface area is 117 Å². The highest BCUT2D eigenvalue weighted by Gasteiger charge is 2.09. The molecule has 0 aliphatic rings. The van der Waals surface area contributed by atoms with Gasteiger partial charge in [0.15, 0.2) is 0 Å². The average Bonchev–Trinajstić information content (AvgIpc) is 2.48. The first-order valence-corrected chi connectivity index (χ1v) is 6.55. The summed E-state index contributed by atoms with van der Waals surface area (Å²) in [4.78, 5) is 11.5. The van der Waals surface area contributed by atoms with Gasteiger partial charge in [0.05, 0.1) is 12.2 Å². The summed E-state index contributed by atoms with van der Waals surface area (Å²) in [6.45, 7) is 0.591. The van der Waals surface area contributed by atoms with Gasteiger partial charge in [0.2, 0.25) is 0 Å². The maximum atomic E-state index is 11.5. The number of alkyl halides is 1. The fourth-order valence-corrected chi connectivity index (χ4v) is 1.81. The molecule has 0 unspecified atom stereocenters. The molecule has 0 saturated heterocycles. The van der Waals surface area contributed by atoms with Gasteiger partial charge in [-0.2, -0.15) is 0 Å². The molecule has 0 bridgehead atoms. The summed E-state index contributed by atoms with van der Waals surface area (Å²) in [5, 5.41) is 1.79.